The van der Waals surface area contributed by atoms with Crippen LogP contribution in [0.1, 0.15) is 36.1 Å². The van der Waals surface area contributed by atoms with Gasteiger partial charge < -0.3 is 9.88 Å². The molecule has 0 fully saturated rings. The van der Waals surface area contributed by atoms with Gasteiger partial charge in [-0.2, -0.15) is 0 Å². The van der Waals surface area contributed by atoms with Gasteiger partial charge >= 0.3 is 0 Å². The molecule has 0 amide bonds. The second-order valence-corrected chi connectivity index (χ2v) is 7.86. The van der Waals surface area contributed by atoms with E-state index >= 15 is 0 Å². The van der Waals surface area contributed by atoms with E-state index < -0.39 is 0 Å². The van der Waals surface area contributed by atoms with E-state index in [1.807, 2.05) is 37.9 Å². The molecule has 1 N–H and O–H groups in total. The summed E-state index contributed by atoms with van der Waals surface area (Å²) in [5.74, 6) is 0.830. The minimum absolute atomic E-state index is 0.830. The summed E-state index contributed by atoms with van der Waals surface area (Å²) in [6.07, 6.45) is 4.35. The van der Waals surface area contributed by atoms with Crippen molar-refractivity contribution in [3.63, 3.8) is 0 Å². The van der Waals surface area contributed by atoms with Crippen LogP contribution < -0.4 is 5.32 Å². The van der Waals surface area contributed by atoms with Gasteiger partial charge in [0.25, 0.3) is 0 Å². The number of fused-ring (bicyclic) bond motifs is 2. The molecule has 162 valence electrons. The standard InChI is InChI=1S/C25H23N5.C2H6/c1-16-4-8-22-21(10-16)25(27-14-26-22)29-20-7-6-19(17(2)11-20)12-18-5-9-24-23(13-18)28-15-30(24)3;1-2/h4-11,13-15H,12H2,1-3H3,(H,26,27,29);1-2H3. The molecule has 5 aromatic rings. The third-order valence-electron chi connectivity index (χ3n) is 5.58. The number of aryl methyl sites for hydroxylation is 3. The first-order valence-electron chi connectivity index (χ1n) is 11.0. The maximum Gasteiger partial charge on any atom is 0.141 e. The molecule has 5 rings (SSSR count). The van der Waals surface area contributed by atoms with Gasteiger partial charge in [0, 0.05) is 18.1 Å². The second-order valence-electron chi connectivity index (χ2n) is 7.86. The number of nitrogens with one attached hydrogen (secondary N) is 1. The van der Waals surface area contributed by atoms with Crippen molar-refractivity contribution >= 4 is 33.4 Å². The van der Waals surface area contributed by atoms with Crippen molar-refractivity contribution < 1.29 is 0 Å². The van der Waals surface area contributed by atoms with E-state index in [2.05, 4.69) is 82.6 Å². The molecule has 0 aliphatic rings. The normalized spacial score (nSPS) is 10.8. The highest BCUT2D eigenvalue weighted by atomic mass is 15.0. The highest BCUT2D eigenvalue weighted by molar-refractivity contribution is 5.91. The number of hydrogen-bond acceptors (Lipinski definition) is 4. The van der Waals surface area contributed by atoms with Crippen LogP contribution in [0.25, 0.3) is 21.9 Å². The molecule has 0 radical (unpaired) electrons. The van der Waals surface area contributed by atoms with Crippen molar-refractivity contribution in [1.82, 2.24) is 19.5 Å². The Hall–Kier alpha value is -3.73. The largest absolute Gasteiger partial charge is 0.340 e. The van der Waals surface area contributed by atoms with E-state index in [9.17, 15) is 0 Å². The first kappa shape index (κ1) is 21.5. The van der Waals surface area contributed by atoms with Crippen LogP contribution in [-0.4, -0.2) is 19.5 Å². The molecular weight excluding hydrogens is 394 g/mol. The van der Waals surface area contributed by atoms with Gasteiger partial charge in [0.15, 0.2) is 0 Å². The summed E-state index contributed by atoms with van der Waals surface area (Å²) >= 11 is 0. The Labute approximate surface area is 189 Å². The van der Waals surface area contributed by atoms with Crippen molar-refractivity contribution in [2.45, 2.75) is 34.1 Å². The van der Waals surface area contributed by atoms with Gasteiger partial charge in [-0.15, -0.1) is 0 Å². The van der Waals surface area contributed by atoms with Gasteiger partial charge in [-0.3, -0.25) is 0 Å². The fraction of sp³-hybridized carbons (Fsp3) is 0.222. The average Bonchev–Trinajstić information content (AvgIpc) is 3.17. The number of anilines is 2. The van der Waals surface area contributed by atoms with Crippen LogP contribution in [-0.2, 0) is 13.5 Å². The van der Waals surface area contributed by atoms with E-state index in [4.69, 9.17) is 0 Å². The SMILES string of the molecule is CC.Cc1ccc2ncnc(Nc3ccc(Cc4ccc5c(c4)ncn5C)c(C)c3)c2c1. The Bertz CT molecular complexity index is 1380. The zero-order valence-electron chi connectivity index (χ0n) is 19.3. The molecule has 0 saturated carbocycles. The maximum atomic E-state index is 4.48. The fourth-order valence-corrected chi connectivity index (χ4v) is 3.89. The lowest BCUT2D eigenvalue weighted by Crippen LogP contribution is -1.98. The minimum Gasteiger partial charge on any atom is -0.340 e. The van der Waals surface area contributed by atoms with Crippen LogP contribution in [0.5, 0.6) is 0 Å². The first-order chi connectivity index (χ1) is 15.6. The molecule has 0 spiro atoms. The van der Waals surface area contributed by atoms with E-state index in [-0.39, 0.29) is 0 Å². The predicted molar refractivity (Wildman–Crippen MR) is 134 cm³/mol. The highest BCUT2D eigenvalue weighted by Gasteiger charge is 2.08. The molecule has 0 aliphatic carbocycles. The molecule has 2 heterocycles. The minimum atomic E-state index is 0.830. The molecule has 0 saturated heterocycles. The molecule has 0 bridgehead atoms. The van der Waals surface area contributed by atoms with Crippen LogP contribution in [0.2, 0.25) is 0 Å². The van der Waals surface area contributed by atoms with Crippen molar-refractivity contribution in [3.05, 3.63) is 89.5 Å². The molecule has 2 aromatic heterocycles. The number of nitrogens with zero attached hydrogens (tertiary/aromatic N) is 4. The monoisotopic (exact) mass is 423 g/mol. The van der Waals surface area contributed by atoms with E-state index in [0.717, 1.165) is 39.9 Å². The van der Waals surface area contributed by atoms with Crippen molar-refractivity contribution in [2.75, 3.05) is 5.32 Å². The highest BCUT2D eigenvalue weighted by Crippen LogP contribution is 2.26. The van der Waals surface area contributed by atoms with Crippen molar-refractivity contribution in [2.24, 2.45) is 7.05 Å². The molecule has 0 unspecified atom stereocenters. The number of rotatable bonds is 4. The molecular formula is C27H29N5. The van der Waals surface area contributed by atoms with Gasteiger partial charge in [0.1, 0.15) is 12.1 Å². The van der Waals surface area contributed by atoms with Crippen LogP contribution in [0, 0.1) is 13.8 Å². The van der Waals surface area contributed by atoms with Crippen LogP contribution in [0.15, 0.2) is 67.3 Å². The second kappa shape index (κ2) is 9.18. The first-order valence-corrected chi connectivity index (χ1v) is 11.0. The van der Waals surface area contributed by atoms with E-state index in [1.54, 1.807) is 6.33 Å². The van der Waals surface area contributed by atoms with E-state index in [1.165, 1.54) is 22.3 Å². The topological polar surface area (TPSA) is 55.6 Å². The maximum absolute atomic E-state index is 4.48. The molecule has 5 nitrogen and oxygen atoms in total. The molecule has 5 heteroatoms. The predicted octanol–water partition coefficient (Wildman–Crippen LogP) is 6.49. The third-order valence-corrected chi connectivity index (χ3v) is 5.58. The van der Waals surface area contributed by atoms with Crippen molar-refractivity contribution in [1.29, 1.82) is 0 Å². The van der Waals surface area contributed by atoms with Gasteiger partial charge in [0.05, 0.1) is 22.9 Å². The number of benzene rings is 3. The third kappa shape index (κ3) is 4.33. The number of imidazole rings is 1. The van der Waals surface area contributed by atoms with Crippen LogP contribution in [0.4, 0.5) is 11.5 Å². The molecule has 3 aromatic carbocycles. The number of aromatic nitrogens is 4. The fourth-order valence-electron chi connectivity index (χ4n) is 3.89. The Morgan fingerprint density at radius 2 is 1.69 bits per heavy atom. The Morgan fingerprint density at radius 3 is 2.50 bits per heavy atom. The van der Waals surface area contributed by atoms with Gasteiger partial charge in [0.2, 0.25) is 0 Å². The number of hydrogen-bond donors (Lipinski definition) is 1. The van der Waals surface area contributed by atoms with Gasteiger partial charge in [-0.25, -0.2) is 15.0 Å². The molecule has 32 heavy (non-hydrogen) atoms. The van der Waals surface area contributed by atoms with E-state index in [0.29, 0.717) is 0 Å². The lowest BCUT2D eigenvalue weighted by molar-refractivity contribution is 0.947. The Kier molecular flexibility index (Phi) is 6.17. The van der Waals surface area contributed by atoms with Gasteiger partial charge in [-0.1, -0.05) is 37.6 Å². The summed E-state index contributed by atoms with van der Waals surface area (Å²) in [4.78, 5) is 13.3. The Morgan fingerprint density at radius 1 is 0.844 bits per heavy atom. The van der Waals surface area contributed by atoms with Crippen LogP contribution >= 0.6 is 0 Å². The lowest BCUT2D eigenvalue weighted by atomic mass is 9.99. The lowest BCUT2D eigenvalue weighted by Gasteiger charge is -2.12. The summed E-state index contributed by atoms with van der Waals surface area (Å²) in [5.41, 5.74) is 9.17. The van der Waals surface area contributed by atoms with Crippen LogP contribution in [0.3, 0.4) is 0 Å². The molecule has 0 atom stereocenters. The zero-order valence-corrected chi connectivity index (χ0v) is 19.3. The average molecular weight is 424 g/mol. The summed E-state index contributed by atoms with van der Waals surface area (Å²) < 4.78 is 2.04. The summed E-state index contributed by atoms with van der Waals surface area (Å²) in [7, 11) is 2.02. The Balaban J connectivity index is 0.00000119. The smallest absolute Gasteiger partial charge is 0.141 e. The molecule has 0 aliphatic heterocycles. The summed E-state index contributed by atoms with van der Waals surface area (Å²) in [6.45, 7) is 8.24. The van der Waals surface area contributed by atoms with Crippen molar-refractivity contribution in [3.8, 4) is 0 Å². The van der Waals surface area contributed by atoms with Gasteiger partial charge in [-0.05, 0) is 73.4 Å². The quantitative estimate of drug-likeness (QED) is 0.359. The zero-order chi connectivity index (χ0) is 22.7. The summed E-state index contributed by atoms with van der Waals surface area (Å²) in [5, 5.41) is 4.50. The summed E-state index contributed by atoms with van der Waals surface area (Å²) in [6, 6.07) is 19.2.